The van der Waals surface area contributed by atoms with Gasteiger partial charge in [0.2, 0.25) is 0 Å². The van der Waals surface area contributed by atoms with Gasteiger partial charge in [-0.3, -0.25) is 4.90 Å². The predicted octanol–water partition coefficient (Wildman–Crippen LogP) is 2.71. The van der Waals surface area contributed by atoms with E-state index in [4.69, 9.17) is 4.74 Å². The molecule has 2 fully saturated rings. The maximum atomic E-state index is 11.7. The second-order valence-electron chi connectivity index (χ2n) is 4.44. The number of cyclic esters (lactones) is 1. The van der Waals surface area contributed by atoms with Crippen LogP contribution in [0.25, 0.3) is 0 Å². The smallest absolute Gasteiger partial charge is 0.410 e. The van der Waals surface area contributed by atoms with Gasteiger partial charge in [0.05, 0.1) is 6.04 Å². The van der Waals surface area contributed by atoms with Crippen LogP contribution in [0.5, 0.6) is 0 Å². The molecule has 2 aliphatic rings. The minimum atomic E-state index is -0.109. The lowest BCUT2D eigenvalue weighted by Gasteiger charge is -2.20. The fourth-order valence-corrected chi connectivity index (χ4v) is 2.79. The van der Waals surface area contributed by atoms with Gasteiger partial charge >= 0.3 is 6.09 Å². The van der Waals surface area contributed by atoms with Crippen molar-refractivity contribution in [2.45, 2.75) is 57.2 Å². The van der Waals surface area contributed by atoms with Crippen molar-refractivity contribution >= 4 is 6.09 Å². The predicted molar refractivity (Wildman–Crippen MR) is 58.6 cm³/mol. The highest BCUT2D eigenvalue weighted by molar-refractivity contribution is 5.71. The fraction of sp³-hybridized carbons (Fsp3) is 0.750. The molecule has 15 heavy (non-hydrogen) atoms. The zero-order valence-corrected chi connectivity index (χ0v) is 9.32. The molecule has 0 aromatic heterocycles. The maximum absolute atomic E-state index is 11.7. The molecule has 0 bridgehead atoms. The van der Waals surface area contributed by atoms with Gasteiger partial charge in [-0.2, -0.15) is 0 Å². The van der Waals surface area contributed by atoms with E-state index in [1.54, 1.807) is 0 Å². The van der Waals surface area contributed by atoms with Gasteiger partial charge in [0.25, 0.3) is 0 Å². The van der Waals surface area contributed by atoms with Crippen LogP contribution >= 0.6 is 0 Å². The average Bonchev–Trinajstić information content (AvgIpc) is 2.73. The van der Waals surface area contributed by atoms with Crippen LogP contribution < -0.4 is 0 Å². The molecule has 2 saturated heterocycles. The zero-order valence-electron chi connectivity index (χ0n) is 9.32. The third-order valence-corrected chi connectivity index (χ3v) is 3.45. The van der Waals surface area contributed by atoms with Crippen LogP contribution in [0.1, 0.15) is 39.0 Å². The second kappa shape index (κ2) is 4.25. The summed E-state index contributed by atoms with van der Waals surface area (Å²) in [6.07, 6.45) is 7.08. The van der Waals surface area contributed by atoms with E-state index in [9.17, 15) is 4.79 Å². The summed E-state index contributed by atoms with van der Waals surface area (Å²) in [6.45, 7) is 5.87. The van der Waals surface area contributed by atoms with E-state index >= 15 is 0 Å². The SMILES string of the molecule is C=CC[C@H]1CC[C@H]2[C@@H](CCC)OC(=O)N12. The van der Waals surface area contributed by atoms with Crippen LogP contribution in [0.15, 0.2) is 12.7 Å². The summed E-state index contributed by atoms with van der Waals surface area (Å²) in [5.74, 6) is 0. The standard InChI is InChI=1S/C12H19NO2/c1-3-5-9-7-8-10-11(6-4-2)15-12(14)13(9)10/h3,9-11H,1,4-8H2,2H3/t9-,10-,11+/m0/s1. The van der Waals surface area contributed by atoms with Crippen molar-refractivity contribution in [3.8, 4) is 0 Å². The van der Waals surface area contributed by atoms with Gasteiger partial charge in [-0.15, -0.1) is 6.58 Å². The minimum absolute atomic E-state index is 0.109. The van der Waals surface area contributed by atoms with Gasteiger partial charge in [0.15, 0.2) is 0 Å². The number of hydrogen-bond donors (Lipinski definition) is 0. The number of amides is 1. The first kappa shape index (κ1) is 10.5. The largest absolute Gasteiger partial charge is 0.444 e. The van der Waals surface area contributed by atoms with E-state index < -0.39 is 0 Å². The lowest BCUT2D eigenvalue weighted by molar-refractivity contribution is 0.119. The van der Waals surface area contributed by atoms with E-state index in [2.05, 4.69) is 13.5 Å². The topological polar surface area (TPSA) is 29.5 Å². The van der Waals surface area contributed by atoms with Gasteiger partial charge in [-0.1, -0.05) is 19.4 Å². The third kappa shape index (κ3) is 1.75. The molecule has 3 atom stereocenters. The molecule has 1 amide bonds. The van der Waals surface area contributed by atoms with Crippen molar-refractivity contribution in [3.05, 3.63) is 12.7 Å². The Morgan fingerprint density at radius 3 is 3.07 bits per heavy atom. The van der Waals surface area contributed by atoms with E-state index in [0.29, 0.717) is 12.1 Å². The molecule has 0 aromatic carbocycles. The quantitative estimate of drug-likeness (QED) is 0.666. The second-order valence-corrected chi connectivity index (χ2v) is 4.44. The number of nitrogens with zero attached hydrogens (tertiary/aromatic N) is 1. The Labute approximate surface area is 91.1 Å². The molecule has 0 saturated carbocycles. The lowest BCUT2D eigenvalue weighted by atomic mass is 10.0. The van der Waals surface area contributed by atoms with E-state index in [0.717, 1.165) is 32.1 Å². The molecule has 2 aliphatic heterocycles. The number of carbonyl (C=O) groups is 1. The molecule has 3 heteroatoms. The normalized spacial score (nSPS) is 34.1. The zero-order chi connectivity index (χ0) is 10.8. The molecule has 2 heterocycles. The first-order chi connectivity index (χ1) is 7.27. The maximum Gasteiger partial charge on any atom is 0.410 e. The van der Waals surface area contributed by atoms with Crippen molar-refractivity contribution in [2.24, 2.45) is 0 Å². The number of carbonyl (C=O) groups excluding carboxylic acids is 1. The molecule has 0 spiro atoms. The van der Waals surface area contributed by atoms with E-state index in [1.165, 1.54) is 0 Å². The summed E-state index contributed by atoms with van der Waals surface area (Å²) in [4.78, 5) is 13.6. The van der Waals surface area contributed by atoms with Gasteiger partial charge in [0, 0.05) is 6.04 Å². The first-order valence-corrected chi connectivity index (χ1v) is 5.87. The summed E-state index contributed by atoms with van der Waals surface area (Å²) in [7, 11) is 0. The molecule has 0 unspecified atom stereocenters. The molecular formula is C12H19NO2. The van der Waals surface area contributed by atoms with Crippen molar-refractivity contribution in [1.29, 1.82) is 0 Å². The molecule has 2 rings (SSSR count). The van der Waals surface area contributed by atoms with Gasteiger partial charge in [-0.05, 0) is 25.7 Å². The molecule has 0 N–H and O–H groups in total. The highest BCUT2D eigenvalue weighted by Gasteiger charge is 2.47. The molecule has 3 nitrogen and oxygen atoms in total. The Morgan fingerprint density at radius 2 is 2.40 bits per heavy atom. The Balaban J connectivity index is 2.06. The highest BCUT2D eigenvalue weighted by Crippen LogP contribution is 2.36. The number of ether oxygens (including phenoxy) is 1. The van der Waals surface area contributed by atoms with E-state index in [-0.39, 0.29) is 12.2 Å². The van der Waals surface area contributed by atoms with Crippen LogP contribution in [0.3, 0.4) is 0 Å². The summed E-state index contributed by atoms with van der Waals surface area (Å²) in [5, 5.41) is 0. The van der Waals surface area contributed by atoms with Crippen molar-refractivity contribution in [3.63, 3.8) is 0 Å². The van der Waals surface area contributed by atoms with Gasteiger partial charge in [0.1, 0.15) is 6.10 Å². The number of fused-ring (bicyclic) bond motifs is 1. The van der Waals surface area contributed by atoms with Crippen LogP contribution in [0.2, 0.25) is 0 Å². The fourth-order valence-electron chi connectivity index (χ4n) is 2.79. The Hall–Kier alpha value is -0.990. The van der Waals surface area contributed by atoms with Crippen LogP contribution in [0.4, 0.5) is 4.79 Å². The average molecular weight is 209 g/mol. The van der Waals surface area contributed by atoms with Gasteiger partial charge in [-0.25, -0.2) is 4.79 Å². The summed E-state index contributed by atoms with van der Waals surface area (Å²) < 4.78 is 5.40. The Kier molecular flexibility index (Phi) is 2.98. The highest BCUT2D eigenvalue weighted by atomic mass is 16.6. The van der Waals surface area contributed by atoms with Crippen molar-refractivity contribution in [1.82, 2.24) is 4.90 Å². The van der Waals surface area contributed by atoms with Crippen molar-refractivity contribution in [2.75, 3.05) is 0 Å². The molecule has 0 radical (unpaired) electrons. The monoisotopic (exact) mass is 209 g/mol. The molecular weight excluding hydrogens is 190 g/mol. The number of rotatable bonds is 4. The summed E-state index contributed by atoms with van der Waals surface area (Å²) in [5.41, 5.74) is 0. The summed E-state index contributed by atoms with van der Waals surface area (Å²) >= 11 is 0. The molecule has 84 valence electrons. The van der Waals surface area contributed by atoms with E-state index in [1.807, 2.05) is 11.0 Å². The van der Waals surface area contributed by atoms with Crippen LogP contribution in [-0.2, 0) is 4.74 Å². The third-order valence-electron chi connectivity index (χ3n) is 3.45. The number of hydrogen-bond acceptors (Lipinski definition) is 2. The molecule has 0 aromatic rings. The summed E-state index contributed by atoms with van der Waals surface area (Å²) in [6, 6.07) is 0.671. The van der Waals surface area contributed by atoms with Crippen LogP contribution in [0, 0.1) is 0 Å². The van der Waals surface area contributed by atoms with Gasteiger partial charge < -0.3 is 4.74 Å². The Bertz CT molecular complexity index is 264. The molecule has 0 aliphatic carbocycles. The lowest BCUT2D eigenvalue weighted by Crippen LogP contribution is -2.36. The minimum Gasteiger partial charge on any atom is -0.444 e. The van der Waals surface area contributed by atoms with Crippen molar-refractivity contribution < 1.29 is 9.53 Å². The first-order valence-electron chi connectivity index (χ1n) is 5.87. The van der Waals surface area contributed by atoms with Crippen LogP contribution in [-0.4, -0.2) is 29.2 Å². The Morgan fingerprint density at radius 1 is 1.60 bits per heavy atom.